The van der Waals surface area contributed by atoms with Crippen molar-refractivity contribution in [2.45, 2.75) is 6.92 Å². The molecule has 0 saturated heterocycles. The van der Waals surface area contributed by atoms with Crippen LogP contribution < -0.4 is 4.74 Å². The number of imidazole rings is 1. The zero-order chi connectivity index (χ0) is 14.3. The van der Waals surface area contributed by atoms with E-state index in [0.29, 0.717) is 4.77 Å². The Morgan fingerprint density at radius 2 is 2.00 bits per heavy atom. The van der Waals surface area contributed by atoms with Crippen molar-refractivity contribution in [1.82, 2.24) is 9.55 Å². The summed E-state index contributed by atoms with van der Waals surface area (Å²) < 4.78 is 7.83. The number of fused-ring (bicyclic) bond motifs is 1. The van der Waals surface area contributed by atoms with E-state index in [9.17, 15) is 0 Å². The number of aromatic nitrogens is 2. The van der Waals surface area contributed by atoms with Gasteiger partial charge in [0, 0.05) is 16.8 Å². The lowest BCUT2D eigenvalue weighted by Gasteiger charge is -2.07. The van der Waals surface area contributed by atoms with E-state index < -0.39 is 0 Å². The lowest BCUT2D eigenvalue weighted by Crippen LogP contribution is -1.94. The van der Waals surface area contributed by atoms with Crippen molar-refractivity contribution in [2.75, 3.05) is 7.11 Å². The third kappa shape index (κ3) is 2.11. The van der Waals surface area contributed by atoms with Crippen LogP contribution in [0.4, 0.5) is 0 Å². The van der Waals surface area contributed by atoms with E-state index in [-0.39, 0.29) is 0 Å². The molecule has 0 unspecified atom stereocenters. The first-order valence-electron chi connectivity index (χ1n) is 6.15. The number of nitrogens with one attached hydrogen (secondary N) is 1. The van der Waals surface area contributed by atoms with Gasteiger partial charge in [-0.15, -0.1) is 0 Å². The van der Waals surface area contributed by atoms with Crippen LogP contribution in [0.15, 0.2) is 36.4 Å². The summed E-state index contributed by atoms with van der Waals surface area (Å²) in [7, 11) is 1.65. The van der Waals surface area contributed by atoms with E-state index in [1.165, 1.54) is 0 Å². The zero-order valence-electron chi connectivity index (χ0n) is 11.1. The highest BCUT2D eigenvalue weighted by molar-refractivity contribution is 7.71. The highest BCUT2D eigenvalue weighted by Gasteiger charge is 2.08. The smallest absolute Gasteiger partial charge is 0.182 e. The van der Waals surface area contributed by atoms with Crippen molar-refractivity contribution in [3.63, 3.8) is 0 Å². The van der Waals surface area contributed by atoms with Gasteiger partial charge in [-0.3, -0.25) is 4.57 Å². The van der Waals surface area contributed by atoms with Gasteiger partial charge in [0.2, 0.25) is 0 Å². The molecule has 3 aromatic rings. The summed E-state index contributed by atoms with van der Waals surface area (Å²) in [5.41, 5.74) is 3.92. The molecule has 0 aliphatic carbocycles. The summed E-state index contributed by atoms with van der Waals surface area (Å²) in [6.45, 7) is 1.98. The largest absolute Gasteiger partial charge is 0.497 e. The topological polar surface area (TPSA) is 29.9 Å². The van der Waals surface area contributed by atoms with Gasteiger partial charge < -0.3 is 9.72 Å². The van der Waals surface area contributed by atoms with E-state index in [0.717, 1.165) is 33.1 Å². The van der Waals surface area contributed by atoms with Gasteiger partial charge in [-0.1, -0.05) is 17.7 Å². The highest BCUT2D eigenvalue weighted by Crippen LogP contribution is 2.26. The number of nitrogens with zero attached hydrogens (tertiary/aromatic N) is 1. The summed E-state index contributed by atoms with van der Waals surface area (Å²) in [6.07, 6.45) is 0. The van der Waals surface area contributed by atoms with E-state index in [4.69, 9.17) is 28.6 Å². The maximum Gasteiger partial charge on any atom is 0.182 e. The van der Waals surface area contributed by atoms with Gasteiger partial charge in [-0.05, 0) is 49.0 Å². The number of methoxy groups -OCH3 is 1. The second kappa shape index (κ2) is 4.96. The number of hydrogen-bond acceptors (Lipinski definition) is 2. The quantitative estimate of drug-likeness (QED) is 0.698. The molecular weight excluding hydrogens is 292 g/mol. The van der Waals surface area contributed by atoms with E-state index >= 15 is 0 Å². The Labute approximate surface area is 126 Å². The lowest BCUT2D eigenvalue weighted by molar-refractivity contribution is 0.415. The zero-order valence-corrected chi connectivity index (χ0v) is 12.7. The number of aromatic amines is 1. The molecule has 0 bridgehead atoms. The van der Waals surface area contributed by atoms with Crippen LogP contribution in [0.3, 0.4) is 0 Å². The van der Waals surface area contributed by atoms with Gasteiger partial charge in [-0.25, -0.2) is 0 Å². The standard InChI is InChI=1S/C15H13ClN2OS/c1-9-3-4-10(7-12(9)16)18-14-6-5-11(19-2)8-13(14)17-15(18)20/h3-8H,1-2H3,(H,17,20). The molecule has 5 heteroatoms. The fourth-order valence-corrected chi connectivity index (χ4v) is 2.68. The maximum absolute atomic E-state index is 6.20. The average Bonchev–Trinajstić information content (AvgIpc) is 2.76. The Kier molecular flexibility index (Phi) is 3.28. The lowest BCUT2D eigenvalue weighted by atomic mass is 10.2. The third-order valence-corrected chi connectivity index (χ3v) is 3.99. The average molecular weight is 305 g/mol. The van der Waals surface area contributed by atoms with Gasteiger partial charge in [0.25, 0.3) is 0 Å². The van der Waals surface area contributed by atoms with Crippen LogP contribution in [0.25, 0.3) is 16.7 Å². The summed E-state index contributed by atoms with van der Waals surface area (Å²) >= 11 is 11.6. The van der Waals surface area contributed by atoms with Crippen LogP contribution in [0.1, 0.15) is 5.56 Å². The number of rotatable bonds is 2. The summed E-state index contributed by atoms with van der Waals surface area (Å²) in [4.78, 5) is 3.19. The minimum Gasteiger partial charge on any atom is -0.497 e. The molecule has 0 amide bonds. The second-order valence-electron chi connectivity index (χ2n) is 4.58. The molecule has 1 N–H and O–H groups in total. The molecule has 3 rings (SSSR count). The van der Waals surface area contributed by atoms with Crippen LogP contribution in [0.2, 0.25) is 5.02 Å². The Morgan fingerprint density at radius 1 is 1.20 bits per heavy atom. The molecule has 0 spiro atoms. The van der Waals surface area contributed by atoms with Crippen molar-refractivity contribution in [1.29, 1.82) is 0 Å². The van der Waals surface area contributed by atoms with Crippen LogP contribution in [0.5, 0.6) is 5.75 Å². The minimum absolute atomic E-state index is 0.633. The second-order valence-corrected chi connectivity index (χ2v) is 5.38. The predicted octanol–water partition coefficient (Wildman–Crippen LogP) is 4.66. The van der Waals surface area contributed by atoms with E-state index in [2.05, 4.69) is 4.98 Å². The first kappa shape index (κ1) is 13.2. The normalized spacial score (nSPS) is 10.9. The molecule has 0 atom stereocenters. The Bertz CT molecular complexity index is 851. The van der Waals surface area contributed by atoms with Gasteiger partial charge in [-0.2, -0.15) is 0 Å². The minimum atomic E-state index is 0.633. The molecule has 102 valence electrons. The molecule has 0 aliphatic heterocycles. The van der Waals surface area contributed by atoms with Crippen LogP contribution >= 0.6 is 23.8 Å². The number of ether oxygens (including phenoxy) is 1. The molecule has 0 saturated carbocycles. The number of H-pyrrole nitrogens is 1. The third-order valence-electron chi connectivity index (χ3n) is 3.30. The van der Waals surface area contributed by atoms with Crippen molar-refractivity contribution < 1.29 is 4.74 Å². The van der Waals surface area contributed by atoms with Crippen LogP contribution in [0, 0.1) is 11.7 Å². The molecule has 0 aliphatic rings. The highest BCUT2D eigenvalue weighted by atomic mass is 35.5. The van der Waals surface area contributed by atoms with Gasteiger partial charge in [0.05, 0.1) is 18.1 Å². The van der Waals surface area contributed by atoms with Gasteiger partial charge in [0.1, 0.15) is 5.75 Å². The fraction of sp³-hybridized carbons (Fsp3) is 0.133. The molecule has 0 radical (unpaired) electrons. The Morgan fingerprint density at radius 3 is 2.70 bits per heavy atom. The first-order valence-corrected chi connectivity index (χ1v) is 6.94. The van der Waals surface area contributed by atoms with Crippen molar-refractivity contribution >= 4 is 34.9 Å². The first-order chi connectivity index (χ1) is 9.60. The van der Waals surface area contributed by atoms with Crippen molar-refractivity contribution in [3.05, 3.63) is 51.8 Å². The van der Waals surface area contributed by atoms with E-state index in [1.54, 1.807) is 7.11 Å². The maximum atomic E-state index is 6.20. The Hall–Kier alpha value is -1.78. The Balaban J connectivity index is 2.27. The SMILES string of the molecule is COc1ccc2c(c1)[nH]c(=S)n2-c1ccc(C)c(Cl)c1. The molecule has 1 aromatic heterocycles. The predicted molar refractivity (Wildman–Crippen MR) is 84.8 cm³/mol. The molecule has 2 aromatic carbocycles. The summed E-state index contributed by atoms with van der Waals surface area (Å²) in [5.74, 6) is 0.794. The van der Waals surface area contributed by atoms with Crippen molar-refractivity contribution in [3.8, 4) is 11.4 Å². The number of aryl methyl sites for hydroxylation is 1. The van der Waals surface area contributed by atoms with E-state index in [1.807, 2.05) is 47.9 Å². The summed E-state index contributed by atoms with van der Waals surface area (Å²) in [6, 6.07) is 11.7. The van der Waals surface area contributed by atoms with Crippen molar-refractivity contribution in [2.24, 2.45) is 0 Å². The molecule has 3 nitrogen and oxygen atoms in total. The number of benzene rings is 2. The molecule has 20 heavy (non-hydrogen) atoms. The molecule has 1 heterocycles. The monoisotopic (exact) mass is 304 g/mol. The molecular formula is C15H13ClN2OS. The van der Waals surface area contributed by atoms with Crippen LogP contribution in [-0.2, 0) is 0 Å². The summed E-state index contributed by atoms with van der Waals surface area (Å²) in [5, 5.41) is 0.729. The van der Waals surface area contributed by atoms with Gasteiger partial charge >= 0.3 is 0 Å². The fourth-order valence-electron chi connectivity index (χ4n) is 2.19. The van der Waals surface area contributed by atoms with Crippen LogP contribution in [-0.4, -0.2) is 16.7 Å². The molecule has 0 fully saturated rings. The number of halogens is 1. The number of hydrogen-bond donors (Lipinski definition) is 1. The van der Waals surface area contributed by atoms with Gasteiger partial charge in [0.15, 0.2) is 4.77 Å².